The van der Waals surface area contributed by atoms with Crippen LogP contribution in [0.15, 0.2) is 72.8 Å². The molecule has 1 aliphatic heterocycles. The Bertz CT molecular complexity index is 1180. The zero-order valence-corrected chi connectivity index (χ0v) is 24.5. The van der Waals surface area contributed by atoms with Crippen molar-refractivity contribution in [1.29, 1.82) is 0 Å². The Morgan fingerprint density at radius 3 is 2.38 bits per heavy atom. The van der Waals surface area contributed by atoms with Gasteiger partial charge in [0.2, 0.25) is 11.8 Å². The van der Waals surface area contributed by atoms with Crippen LogP contribution in [0.25, 0.3) is 0 Å². The number of carbonyl (C=O) groups is 3. The number of carbonyl (C=O) groups excluding carboxylic acids is 3. The van der Waals surface area contributed by atoms with E-state index in [9.17, 15) is 19.5 Å². The standard InChI is InChI=1S/C34H44N2O6/c1-41-23-29-31(26-15-7-3-8-16-26)42-33(40)28(21-25-13-5-2-6-14-25)18-10-4-9-17-27(32(39)35-29)22-30(38)36-34(24-37)19-11-12-20-34/h2-9,13-16,27-29,31,37H,10-12,17-24H2,1H3,(H,35,39)(H,36,38)/t27-,28-,29+,31+/m1/s1. The molecule has 1 saturated carbocycles. The maximum absolute atomic E-state index is 13.7. The highest BCUT2D eigenvalue weighted by atomic mass is 16.5. The molecule has 0 unspecified atom stereocenters. The molecule has 8 heteroatoms. The Labute approximate surface area is 248 Å². The monoisotopic (exact) mass is 576 g/mol. The van der Waals surface area contributed by atoms with E-state index >= 15 is 0 Å². The van der Waals surface area contributed by atoms with Crippen LogP contribution in [0.4, 0.5) is 0 Å². The van der Waals surface area contributed by atoms with E-state index in [0.29, 0.717) is 25.7 Å². The lowest BCUT2D eigenvalue weighted by molar-refractivity contribution is -0.158. The number of aliphatic hydroxyl groups is 1. The number of aliphatic hydroxyl groups excluding tert-OH is 1. The SMILES string of the molecule is COC[C@@H]1NC(=O)[C@@H](CC(=O)NC2(CO)CCCC2)CC=CCC[C@H](Cc2ccccc2)C(=O)O[C@H]1c1ccccc1. The first kappa shape index (κ1) is 31.4. The van der Waals surface area contributed by atoms with Gasteiger partial charge in [-0.05, 0) is 49.7 Å². The molecule has 4 atom stereocenters. The number of ether oxygens (including phenoxy) is 2. The van der Waals surface area contributed by atoms with E-state index in [1.807, 2.05) is 72.8 Å². The number of hydrogen-bond donors (Lipinski definition) is 3. The lowest BCUT2D eigenvalue weighted by Crippen LogP contribution is -2.51. The molecule has 1 heterocycles. The van der Waals surface area contributed by atoms with Crippen molar-refractivity contribution in [2.75, 3.05) is 20.3 Å². The van der Waals surface area contributed by atoms with Gasteiger partial charge in [-0.2, -0.15) is 0 Å². The van der Waals surface area contributed by atoms with Crippen LogP contribution in [0.1, 0.15) is 68.6 Å². The topological polar surface area (TPSA) is 114 Å². The van der Waals surface area contributed by atoms with Crippen LogP contribution in [0.5, 0.6) is 0 Å². The molecule has 2 aromatic carbocycles. The minimum Gasteiger partial charge on any atom is -0.455 e. The zero-order chi connectivity index (χ0) is 29.8. The molecule has 0 radical (unpaired) electrons. The third-order valence-electron chi connectivity index (χ3n) is 8.41. The number of methoxy groups -OCH3 is 1. The molecular weight excluding hydrogens is 532 g/mol. The smallest absolute Gasteiger partial charge is 0.309 e. The third-order valence-corrected chi connectivity index (χ3v) is 8.41. The van der Waals surface area contributed by atoms with Gasteiger partial charge in [-0.25, -0.2) is 0 Å². The summed E-state index contributed by atoms with van der Waals surface area (Å²) in [6.07, 6.45) is 8.65. The van der Waals surface area contributed by atoms with Gasteiger partial charge in [0, 0.05) is 13.5 Å². The van der Waals surface area contributed by atoms with Crippen molar-refractivity contribution in [2.24, 2.45) is 11.8 Å². The summed E-state index contributed by atoms with van der Waals surface area (Å²) in [5.74, 6) is -1.88. The largest absolute Gasteiger partial charge is 0.455 e. The molecule has 2 aromatic rings. The molecule has 4 rings (SSSR count). The lowest BCUT2D eigenvalue weighted by atomic mass is 9.94. The molecule has 3 N–H and O–H groups in total. The normalized spacial score (nSPS) is 24.9. The summed E-state index contributed by atoms with van der Waals surface area (Å²) in [5.41, 5.74) is 1.20. The number of hydrogen-bond acceptors (Lipinski definition) is 6. The fourth-order valence-corrected chi connectivity index (χ4v) is 6.04. The van der Waals surface area contributed by atoms with Crippen molar-refractivity contribution in [1.82, 2.24) is 10.6 Å². The van der Waals surface area contributed by atoms with Gasteiger partial charge in [-0.15, -0.1) is 0 Å². The van der Waals surface area contributed by atoms with Crippen molar-refractivity contribution < 1.29 is 29.0 Å². The highest BCUT2D eigenvalue weighted by molar-refractivity contribution is 5.86. The van der Waals surface area contributed by atoms with E-state index < -0.39 is 23.6 Å². The predicted molar refractivity (Wildman–Crippen MR) is 160 cm³/mol. The first-order valence-electron chi connectivity index (χ1n) is 15.1. The molecule has 0 bridgehead atoms. The Balaban J connectivity index is 1.60. The first-order valence-corrected chi connectivity index (χ1v) is 15.1. The van der Waals surface area contributed by atoms with E-state index in [2.05, 4.69) is 10.6 Å². The maximum atomic E-state index is 13.7. The molecule has 1 aliphatic carbocycles. The van der Waals surface area contributed by atoms with E-state index in [1.165, 1.54) is 0 Å². The fourth-order valence-electron chi connectivity index (χ4n) is 6.04. The average molecular weight is 577 g/mol. The molecule has 2 amide bonds. The summed E-state index contributed by atoms with van der Waals surface area (Å²) in [4.78, 5) is 40.6. The predicted octanol–water partition coefficient (Wildman–Crippen LogP) is 4.43. The Kier molecular flexibility index (Phi) is 11.7. The van der Waals surface area contributed by atoms with E-state index in [4.69, 9.17) is 9.47 Å². The minimum atomic E-state index is -0.778. The summed E-state index contributed by atoms with van der Waals surface area (Å²) in [7, 11) is 1.54. The summed E-state index contributed by atoms with van der Waals surface area (Å²) in [6.45, 7) is 0.00397. The first-order chi connectivity index (χ1) is 20.4. The van der Waals surface area contributed by atoms with Crippen molar-refractivity contribution in [3.63, 3.8) is 0 Å². The Hall–Kier alpha value is -3.49. The van der Waals surface area contributed by atoms with Crippen LogP contribution in [0, 0.1) is 11.8 Å². The molecular formula is C34H44N2O6. The van der Waals surface area contributed by atoms with Crippen molar-refractivity contribution in [2.45, 2.75) is 75.5 Å². The molecule has 0 spiro atoms. The number of allylic oxidation sites excluding steroid dienone is 2. The number of nitrogens with one attached hydrogen (secondary N) is 2. The van der Waals surface area contributed by atoms with Crippen LogP contribution in [-0.2, 0) is 30.3 Å². The Morgan fingerprint density at radius 1 is 1.02 bits per heavy atom. The molecule has 42 heavy (non-hydrogen) atoms. The zero-order valence-electron chi connectivity index (χ0n) is 24.5. The van der Waals surface area contributed by atoms with Gasteiger partial charge < -0.3 is 25.2 Å². The quantitative estimate of drug-likeness (QED) is 0.301. The van der Waals surface area contributed by atoms with Gasteiger partial charge in [-0.3, -0.25) is 14.4 Å². The second-order valence-electron chi connectivity index (χ2n) is 11.6. The van der Waals surface area contributed by atoms with Crippen LogP contribution >= 0.6 is 0 Å². The van der Waals surface area contributed by atoms with E-state index in [-0.39, 0.29) is 43.3 Å². The van der Waals surface area contributed by atoms with Gasteiger partial charge in [0.05, 0.1) is 36.6 Å². The second kappa shape index (κ2) is 15.7. The minimum absolute atomic E-state index is 0.00987. The van der Waals surface area contributed by atoms with Crippen molar-refractivity contribution in [3.8, 4) is 0 Å². The number of amides is 2. The second-order valence-corrected chi connectivity index (χ2v) is 11.6. The molecule has 8 nitrogen and oxygen atoms in total. The van der Waals surface area contributed by atoms with E-state index in [0.717, 1.165) is 36.8 Å². The van der Waals surface area contributed by atoms with E-state index in [1.54, 1.807) is 7.11 Å². The van der Waals surface area contributed by atoms with Crippen LogP contribution in [-0.4, -0.2) is 54.8 Å². The molecule has 0 aromatic heterocycles. The average Bonchev–Trinajstić information content (AvgIpc) is 3.47. The number of esters is 1. The van der Waals surface area contributed by atoms with Gasteiger partial charge >= 0.3 is 5.97 Å². The van der Waals surface area contributed by atoms with Crippen molar-refractivity contribution >= 4 is 17.8 Å². The van der Waals surface area contributed by atoms with Gasteiger partial charge in [0.15, 0.2) is 0 Å². The highest BCUT2D eigenvalue weighted by Crippen LogP contribution is 2.30. The van der Waals surface area contributed by atoms with Crippen LogP contribution in [0.2, 0.25) is 0 Å². The highest BCUT2D eigenvalue weighted by Gasteiger charge is 2.37. The lowest BCUT2D eigenvalue weighted by Gasteiger charge is -2.31. The van der Waals surface area contributed by atoms with Gasteiger partial charge in [0.1, 0.15) is 6.10 Å². The van der Waals surface area contributed by atoms with Crippen LogP contribution in [0.3, 0.4) is 0 Å². The summed E-state index contributed by atoms with van der Waals surface area (Å²) < 4.78 is 11.7. The summed E-state index contributed by atoms with van der Waals surface area (Å²) >= 11 is 0. The number of benzene rings is 2. The van der Waals surface area contributed by atoms with Crippen LogP contribution < -0.4 is 10.6 Å². The molecule has 1 fully saturated rings. The third kappa shape index (κ3) is 8.76. The van der Waals surface area contributed by atoms with Crippen molar-refractivity contribution in [3.05, 3.63) is 83.9 Å². The number of cyclic esters (lactones) is 1. The van der Waals surface area contributed by atoms with Gasteiger partial charge in [-0.1, -0.05) is 85.7 Å². The summed E-state index contributed by atoms with van der Waals surface area (Å²) in [6, 6.07) is 18.6. The number of rotatable bonds is 9. The molecule has 226 valence electrons. The summed E-state index contributed by atoms with van der Waals surface area (Å²) in [5, 5.41) is 16.0. The fraction of sp³-hybridized carbons (Fsp3) is 0.500. The Morgan fingerprint density at radius 2 is 1.71 bits per heavy atom. The molecule has 2 aliphatic rings. The maximum Gasteiger partial charge on any atom is 0.309 e. The molecule has 0 saturated heterocycles. The van der Waals surface area contributed by atoms with Gasteiger partial charge in [0.25, 0.3) is 0 Å².